The van der Waals surface area contributed by atoms with Crippen molar-refractivity contribution in [3.63, 3.8) is 0 Å². The maximum Gasteiger partial charge on any atom is 0.234 e. The highest BCUT2D eigenvalue weighted by Gasteiger charge is 2.11. The van der Waals surface area contributed by atoms with Crippen LogP contribution < -0.4 is 11.1 Å². The minimum Gasteiger partial charge on any atom is -0.330 e. The second-order valence-corrected chi connectivity index (χ2v) is 5.69. The molecule has 0 heterocycles. The first-order valence-electron chi connectivity index (χ1n) is 6.23. The number of hydrogen-bond donors (Lipinski definition) is 2. The molecule has 3 nitrogen and oxygen atoms in total. The van der Waals surface area contributed by atoms with Crippen LogP contribution in [-0.4, -0.2) is 24.0 Å². The molecular formula is C14H22N2OS. The van der Waals surface area contributed by atoms with Gasteiger partial charge in [-0.05, 0) is 24.0 Å². The van der Waals surface area contributed by atoms with E-state index in [1.165, 1.54) is 5.56 Å². The molecule has 1 rings (SSSR count). The Morgan fingerprint density at radius 1 is 1.44 bits per heavy atom. The quantitative estimate of drug-likeness (QED) is 0.778. The van der Waals surface area contributed by atoms with Crippen LogP contribution in [0.25, 0.3) is 0 Å². The van der Waals surface area contributed by atoms with Crippen molar-refractivity contribution in [2.75, 3.05) is 23.4 Å². The molecule has 0 aliphatic carbocycles. The molecule has 18 heavy (non-hydrogen) atoms. The van der Waals surface area contributed by atoms with Gasteiger partial charge in [0.25, 0.3) is 0 Å². The minimum atomic E-state index is 0.0460. The lowest BCUT2D eigenvalue weighted by Gasteiger charge is -2.16. The zero-order valence-electron chi connectivity index (χ0n) is 11.3. The van der Waals surface area contributed by atoms with Crippen molar-refractivity contribution >= 4 is 23.4 Å². The van der Waals surface area contributed by atoms with Gasteiger partial charge < -0.3 is 11.1 Å². The topological polar surface area (TPSA) is 55.1 Å². The summed E-state index contributed by atoms with van der Waals surface area (Å²) < 4.78 is 0. The fourth-order valence-corrected chi connectivity index (χ4v) is 2.33. The highest BCUT2D eigenvalue weighted by atomic mass is 32.2. The molecule has 0 unspecified atom stereocenters. The smallest absolute Gasteiger partial charge is 0.234 e. The Labute approximate surface area is 114 Å². The Morgan fingerprint density at radius 3 is 2.78 bits per heavy atom. The molecule has 0 aliphatic rings. The van der Waals surface area contributed by atoms with E-state index in [0.717, 1.165) is 17.0 Å². The second-order valence-electron chi connectivity index (χ2n) is 4.58. The molecule has 0 radical (unpaired) electrons. The molecule has 0 spiro atoms. The van der Waals surface area contributed by atoms with Crippen molar-refractivity contribution in [2.45, 2.75) is 26.7 Å². The lowest BCUT2D eigenvalue weighted by molar-refractivity contribution is -0.113. The van der Waals surface area contributed by atoms with E-state index in [4.69, 9.17) is 5.73 Å². The van der Waals surface area contributed by atoms with Crippen LogP contribution >= 0.6 is 11.8 Å². The van der Waals surface area contributed by atoms with Crippen LogP contribution in [0.4, 0.5) is 5.69 Å². The third kappa shape index (κ3) is 4.35. The number of nitrogens with two attached hydrogens (primary N) is 1. The van der Waals surface area contributed by atoms with Crippen molar-refractivity contribution in [1.29, 1.82) is 0 Å². The zero-order valence-corrected chi connectivity index (χ0v) is 12.1. The molecule has 0 saturated carbocycles. The lowest BCUT2D eigenvalue weighted by Crippen LogP contribution is -2.17. The number of para-hydroxylation sites is 1. The van der Waals surface area contributed by atoms with Gasteiger partial charge in [-0.2, -0.15) is 11.8 Å². The van der Waals surface area contributed by atoms with Crippen molar-refractivity contribution < 1.29 is 4.79 Å². The monoisotopic (exact) mass is 266 g/mol. The molecule has 0 saturated heterocycles. The number of amides is 1. The Balaban J connectivity index is 2.74. The average molecular weight is 266 g/mol. The minimum absolute atomic E-state index is 0.0460. The molecule has 1 amide bonds. The first-order valence-corrected chi connectivity index (χ1v) is 7.39. The third-order valence-electron chi connectivity index (χ3n) is 2.69. The third-order valence-corrected chi connectivity index (χ3v) is 3.68. The van der Waals surface area contributed by atoms with Gasteiger partial charge in [0.15, 0.2) is 0 Å². The number of anilines is 1. The summed E-state index contributed by atoms with van der Waals surface area (Å²) in [5.74, 6) is 1.72. The van der Waals surface area contributed by atoms with E-state index < -0.39 is 0 Å². The van der Waals surface area contributed by atoms with Gasteiger partial charge in [-0.1, -0.05) is 32.0 Å². The van der Waals surface area contributed by atoms with Crippen molar-refractivity contribution in [2.24, 2.45) is 5.73 Å². The summed E-state index contributed by atoms with van der Waals surface area (Å²) in [6.07, 6.45) is 0. The van der Waals surface area contributed by atoms with Crippen LogP contribution in [-0.2, 0) is 4.79 Å². The molecule has 100 valence electrons. The van der Waals surface area contributed by atoms with Crippen LogP contribution in [0.1, 0.15) is 30.9 Å². The van der Waals surface area contributed by atoms with E-state index in [0.29, 0.717) is 18.2 Å². The summed E-state index contributed by atoms with van der Waals surface area (Å²) in [6, 6.07) is 6.12. The van der Waals surface area contributed by atoms with Crippen molar-refractivity contribution in [1.82, 2.24) is 0 Å². The van der Waals surface area contributed by atoms with Crippen LogP contribution in [0.15, 0.2) is 18.2 Å². The Hall–Kier alpha value is -1.000. The summed E-state index contributed by atoms with van der Waals surface area (Å²) in [5.41, 5.74) is 8.66. The maximum absolute atomic E-state index is 11.8. The van der Waals surface area contributed by atoms with Gasteiger partial charge in [-0.25, -0.2) is 0 Å². The molecule has 0 atom stereocenters. The van der Waals surface area contributed by atoms with E-state index in [-0.39, 0.29) is 5.91 Å². The van der Waals surface area contributed by atoms with Gasteiger partial charge in [-0.15, -0.1) is 0 Å². The van der Waals surface area contributed by atoms with Crippen molar-refractivity contribution in [3.05, 3.63) is 29.3 Å². The number of carbonyl (C=O) groups excluding carboxylic acids is 1. The number of thioether (sulfide) groups is 1. The normalized spacial score (nSPS) is 10.7. The molecule has 1 aromatic carbocycles. The highest BCUT2D eigenvalue weighted by molar-refractivity contribution is 7.99. The van der Waals surface area contributed by atoms with Gasteiger partial charge >= 0.3 is 0 Å². The molecule has 0 bridgehead atoms. The molecule has 0 fully saturated rings. The van der Waals surface area contributed by atoms with Gasteiger partial charge in [0, 0.05) is 18.0 Å². The Kier molecular flexibility index (Phi) is 6.22. The largest absolute Gasteiger partial charge is 0.330 e. The average Bonchev–Trinajstić information content (AvgIpc) is 2.31. The lowest BCUT2D eigenvalue weighted by atomic mass is 9.98. The summed E-state index contributed by atoms with van der Waals surface area (Å²) >= 11 is 1.56. The fourth-order valence-electron chi connectivity index (χ4n) is 1.77. The first-order chi connectivity index (χ1) is 8.56. The summed E-state index contributed by atoms with van der Waals surface area (Å²) in [6.45, 7) is 6.90. The first kappa shape index (κ1) is 15.1. The predicted molar refractivity (Wildman–Crippen MR) is 80.3 cm³/mol. The zero-order chi connectivity index (χ0) is 13.5. The van der Waals surface area contributed by atoms with Gasteiger partial charge in [0.1, 0.15) is 0 Å². The second kappa shape index (κ2) is 7.44. The number of nitrogens with one attached hydrogen (secondary N) is 1. The number of hydrogen-bond acceptors (Lipinski definition) is 3. The predicted octanol–water partition coefficient (Wildman–Crippen LogP) is 2.75. The SMILES string of the molecule is Cc1cccc(C(C)C)c1NC(=O)CSCCN. The molecule has 3 N–H and O–H groups in total. The maximum atomic E-state index is 11.8. The summed E-state index contributed by atoms with van der Waals surface area (Å²) in [7, 11) is 0. The van der Waals surface area contributed by atoms with Gasteiger partial charge in [0.2, 0.25) is 5.91 Å². The van der Waals surface area contributed by atoms with Crippen LogP contribution in [0.3, 0.4) is 0 Å². The van der Waals surface area contributed by atoms with Gasteiger partial charge in [-0.3, -0.25) is 4.79 Å². The van der Waals surface area contributed by atoms with Gasteiger partial charge in [0.05, 0.1) is 5.75 Å². The van der Waals surface area contributed by atoms with Crippen LogP contribution in [0.2, 0.25) is 0 Å². The Bertz CT molecular complexity index is 405. The Morgan fingerprint density at radius 2 is 2.17 bits per heavy atom. The molecule has 1 aromatic rings. The molecule has 4 heteroatoms. The number of carbonyl (C=O) groups is 1. The molecule has 0 aliphatic heterocycles. The van der Waals surface area contributed by atoms with E-state index in [2.05, 4.69) is 25.2 Å². The van der Waals surface area contributed by atoms with Crippen LogP contribution in [0.5, 0.6) is 0 Å². The summed E-state index contributed by atoms with van der Waals surface area (Å²) in [5, 5.41) is 3.02. The van der Waals surface area contributed by atoms with E-state index in [1.807, 2.05) is 19.1 Å². The number of rotatable bonds is 6. The van der Waals surface area contributed by atoms with E-state index in [1.54, 1.807) is 11.8 Å². The molecular weight excluding hydrogens is 244 g/mol. The number of benzene rings is 1. The van der Waals surface area contributed by atoms with Crippen LogP contribution in [0, 0.1) is 6.92 Å². The number of aryl methyl sites for hydroxylation is 1. The fraction of sp³-hybridized carbons (Fsp3) is 0.500. The highest BCUT2D eigenvalue weighted by Crippen LogP contribution is 2.27. The van der Waals surface area contributed by atoms with Crippen molar-refractivity contribution in [3.8, 4) is 0 Å². The molecule has 0 aromatic heterocycles. The van der Waals surface area contributed by atoms with E-state index >= 15 is 0 Å². The standard InChI is InChI=1S/C14H22N2OS/c1-10(2)12-6-4-5-11(3)14(12)16-13(17)9-18-8-7-15/h4-6,10H,7-9,15H2,1-3H3,(H,16,17). The summed E-state index contributed by atoms with van der Waals surface area (Å²) in [4.78, 5) is 11.8. The van der Waals surface area contributed by atoms with E-state index in [9.17, 15) is 4.79 Å².